The maximum atomic E-state index is 6.11. The Morgan fingerprint density at radius 1 is 1.33 bits per heavy atom. The molecule has 0 heterocycles. The third-order valence-electron chi connectivity index (χ3n) is 2.29. The fourth-order valence-corrected chi connectivity index (χ4v) is 2.66. The summed E-state index contributed by atoms with van der Waals surface area (Å²) in [6, 6.07) is 6.05. The number of likely N-dealkylation sites (N-methyl/N-ethyl adjacent to an activating group) is 1. The number of nitrogens with one attached hydrogen (secondary N) is 1. The van der Waals surface area contributed by atoms with Crippen LogP contribution < -0.4 is 5.32 Å². The first-order valence-electron chi connectivity index (χ1n) is 4.78. The highest BCUT2D eigenvalue weighted by Crippen LogP contribution is 2.25. The smallest absolute Gasteiger partial charge is 0.0453 e. The average molecular weight is 264 g/mol. The molecule has 0 spiro atoms. The van der Waals surface area contributed by atoms with Gasteiger partial charge in [0.25, 0.3) is 0 Å². The predicted octanol–water partition coefficient (Wildman–Crippen LogP) is 3.49. The summed E-state index contributed by atoms with van der Waals surface area (Å²) in [4.78, 5) is 0. The van der Waals surface area contributed by atoms with Gasteiger partial charge in [-0.25, -0.2) is 0 Å². The SMILES string of the molecule is CNC(CSC)Cc1c(Cl)cccc1Cl. The lowest BCUT2D eigenvalue weighted by molar-refractivity contribution is 0.617. The molecule has 0 aliphatic carbocycles. The summed E-state index contributed by atoms with van der Waals surface area (Å²) in [5.41, 5.74) is 1.04. The van der Waals surface area contributed by atoms with Gasteiger partial charge in [0.05, 0.1) is 0 Å². The molecule has 0 saturated heterocycles. The highest BCUT2D eigenvalue weighted by atomic mass is 35.5. The van der Waals surface area contributed by atoms with Gasteiger partial charge in [0.2, 0.25) is 0 Å². The summed E-state index contributed by atoms with van der Waals surface area (Å²) < 4.78 is 0. The monoisotopic (exact) mass is 263 g/mol. The maximum absolute atomic E-state index is 6.11. The molecular formula is C11H15Cl2NS. The van der Waals surface area contributed by atoms with Gasteiger partial charge in [0, 0.05) is 21.8 Å². The van der Waals surface area contributed by atoms with Crippen LogP contribution in [0.1, 0.15) is 5.56 Å². The standard InChI is InChI=1S/C11H15Cl2NS/c1-14-8(7-15-2)6-9-10(12)4-3-5-11(9)13/h3-5,8,14H,6-7H2,1-2H3. The second-order valence-electron chi connectivity index (χ2n) is 3.35. The van der Waals surface area contributed by atoms with Gasteiger partial charge in [0.1, 0.15) is 0 Å². The largest absolute Gasteiger partial charge is 0.316 e. The summed E-state index contributed by atoms with van der Waals surface area (Å²) in [5.74, 6) is 1.05. The highest BCUT2D eigenvalue weighted by Gasteiger charge is 2.11. The normalized spacial score (nSPS) is 12.8. The van der Waals surface area contributed by atoms with Crippen LogP contribution in [0.5, 0.6) is 0 Å². The molecule has 1 atom stereocenters. The van der Waals surface area contributed by atoms with Gasteiger partial charge < -0.3 is 5.32 Å². The van der Waals surface area contributed by atoms with E-state index in [1.54, 1.807) is 0 Å². The van der Waals surface area contributed by atoms with Crippen molar-refractivity contribution in [1.82, 2.24) is 5.32 Å². The molecule has 0 bridgehead atoms. The van der Waals surface area contributed by atoms with Gasteiger partial charge in [-0.1, -0.05) is 29.3 Å². The zero-order valence-corrected chi connectivity index (χ0v) is 11.2. The molecular weight excluding hydrogens is 249 g/mol. The number of halogens is 2. The van der Waals surface area contributed by atoms with E-state index in [0.29, 0.717) is 6.04 Å². The fourth-order valence-electron chi connectivity index (χ4n) is 1.42. The molecule has 0 radical (unpaired) electrons. The lowest BCUT2D eigenvalue weighted by atomic mass is 10.1. The van der Waals surface area contributed by atoms with E-state index in [1.165, 1.54) is 0 Å². The molecule has 84 valence electrons. The molecule has 1 N–H and O–H groups in total. The summed E-state index contributed by atoms with van der Waals surface area (Å²) in [6.45, 7) is 0. The van der Waals surface area contributed by atoms with Crippen LogP contribution in [0, 0.1) is 0 Å². The van der Waals surface area contributed by atoms with Crippen molar-refractivity contribution in [3.05, 3.63) is 33.8 Å². The molecule has 0 saturated carbocycles. The van der Waals surface area contributed by atoms with Crippen molar-refractivity contribution < 1.29 is 0 Å². The molecule has 0 aliphatic rings. The Morgan fingerprint density at radius 3 is 2.40 bits per heavy atom. The molecule has 1 rings (SSSR count). The van der Waals surface area contributed by atoms with Crippen LogP contribution >= 0.6 is 35.0 Å². The van der Waals surface area contributed by atoms with Crippen LogP contribution in [0.15, 0.2) is 18.2 Å². The van der Waals surface area contributed by atoms with Crippen molar-refractivity contribution in [2.45, 2.75) is 12.5 Å². The Hall–Kier alpha value is 0.110. The number of rotatable bonds is 5. The zero-order valence-electron chi connectivity index (χ0n) is 8.89. The number of thioether (sulfide) groups is 1. The Morgan fingerprint density at radius 2 is 1.93 bits per heavy atom. The van der Waals surface area contributed by atoms with E-state index in [0.717, 1.165) is 27.8 Å². The van der Waals surface area contributed by atoms with E-state index >= 15 is 0 Å². The molecule has 1 nitrogen and oxygen atoms in total. The van der Waals surface area contributed by atoms with Crippen LogP contribution in [0.3, 0.4) is 0 Å². The van der Waals surface area contributed by atoms with E-state index in [4.69, 9.17) is 23.2 Å². The van der Waals surface area contributed by atoms with E-state index < -0.39 is 0 Å². The van der Waals surface area contributed by atoms with E-state index in [2.05, 4.69) is 11.6 Å². The van der Waals surface area contributed by atoms with Gasteiger partial charge in [-0.3, -0.25) is 0 Å². The lowest BCUT2D eigenvalue weighted by Crippen LogP contribution is -2.30. The maximum Gasteiger partial charge on any atom is 0.0453 e. The Bertz CT molecular complexity index is 297. The minimum absolute atomic E-state index is 0.414. The van der Waals surface area contributed by atoms with Crippen LogP contribution in [-0.4, -0.2) is 25.1 Å². The minimum atomic E-state index is 0.414. The van der Waals surface area contributed by atoms with Gasteiger partial charge in [-0.05, 0) is 37.4 Å². The Balaban J connectivity index is 2.78. The first-order valence-corrected chi connectivity index (χ1v) is 6.93. The van der Waals surface area contributed by atoms with Crippen molar-refractivity contribution in [3.63, 3.8) is 0 Å². The van der Waals surface area contributed by atoms with Gasteiger partial charge in [-0.2, -0.15) is 11.8 Å². The first kappa shape index (κ1) is 13.2. The van der Waals surface area contributed by atoms with E-state index in [-0.39, 0.29) is 0 Å². The number of hydrogen-bond acceptors (Lipinski definition) is 2. The van der Waals surface area contributed by atoms with E-state index in [9.17, 15) is 0 Å². The van der Waals surface area contributed by atoms with Crippen molar-refractivity contribution in [1.29, 1.82) is 0 Å². The number of benzene rings is 1. The third kappa shape index (κ3) is 3.87. The Kier molecular flexibility index (Phi) is 5.83. The third-order valence-corrected chi connectivity index (χ3v) is 3.73. The summed E-state index contributed by atoms with van der Waals surface area (Å²) in [6.07, 6.45) is 2.97. The van der Waals surface area contributed by atoms with Crippen LogP contribution in [0.4, 0.5) is 0 Å². The molecule has 1 aromatic carbocycles. The molecule has 0 amide bonds. The Labute approximate surface area is 106 Å². The van der Waals surface area contributed by atoms with Gasteiger partial charge >= 0.3 is 0 Å². The molecule has 0 fully saturated rings. The summed E-state index contributed by atoms with van der Waals surface area (Å²) >= 11 is 14.0. The summed E-state index contributed by atoms with van der Waals surface area (Å²) in [7, 11) is 1.96. The lowest BCUT2D eigenvalue weighted by Gasteiger charge is -2.16. The summed E-state index contributed by atoms with van der Waals surface area (Å²) in [5, 5.41) is 4.77. The van der Waals surface area contributed by atoms with Crippen molar-refractivity contribution in [3.8, 4) is 0 Å². The van der Waals surface area contributed by atoms with Gasteiger partial charge in [-0.15, -0.1) is 0 Å². The van der Waals surface area contributed by atoms with Crippen LogP contribution in [-0.2, 0) is 6.42 Å². The predicted molar refractivity (Wildman–Crippen MR) is 71.4 cm³/mol. The second-order valence-corrected chi connectivity index (χ2v) is 5.07. The van der Waals surface area contributed by atoms with Crippen LogP contribution in [0.2, 0.25) is 10.0 Å². The highest BCUT2D eigenvalue weighted by molar-refractivity contribution is 7.98. The minimum Gasteiger partial charge on any atom is -0.316 e. The molecule has 4 heteroatoms. The first-order chi connectivity index (χ1) is 7.19. The molecule has 0 aromatic heterocycles. The molecule has 1 aromatic rings. The average Bonchev–Trinajstić information content (AvgIpc) is 2.22. The second kappa shape index (κ2) is 6.64. The molecule has 15 heavy (non-hydrogen) atoms. The van der Waals surface area contributed by atoms with Crippen molar-refractivity contribution in [2.24, 2.45) is 0 Å². The van der Waals surface area contributed by atoms with Gasteiger partial charge in [0.15, 0.2) is 0 Å². The van der Waals surface area contributed by atoms with Crippen molar-refractivity contribution in [2.75, 3.05) is 19.1 Å². The topological polar surface area (TPSA) is 12.0 Å². The van der Waals surface area contributed by atoms with Crippen LogP contribution in [0.25, 0.3) is 0 Å². The quantitative estimate of drug-likeness (QED) is 0.873. The fraction of sp³-hybridized carbons (Fsp3) is 0.455. The zero-order chi connectivity index (χ0) is 11.3. The molecule has 1 unspecified atom stereocenters. The van der Waals surface area contributed by atoms with Crippen molar-refractivity contribution >= 4 is 35.0 Å². The number of hydrogen-bond donors (Lipinski definition) is 1. The molecule has 0 aliphatic heterocycles. The van der Waals surface area contributed by atoms with E-state index in [1.807, 2.05) is 37.0 Å².